The fourth-order valence-corrected chi connectivity index (χ4v) is 4.79. The number of halogens is 1. The number of aryl methyl sites for hydroxylation is 2. The number of carbonyl (C=O) groups is 1. The minimum absolute atomic E-state index is 0.118. The highest BCUT2D eigenvalue weighted by Gasteiger charge is 2.17. The van der Waals surface area contributed by atoms with Crippen molar-refractivity contribution in [2.75, 3.05) is 10.0 Å². The van der Waals surface area contributed by atoms with Crippen LogP contribution >= 0.6 is 23.4 Å². The van der Waals surface area contributed by atoms with E-state index in [4.69, 9.17) is 11.6 Å². The van der Waals surface area contributed by atoms with Crippen LogP contribution in [0.15, 0.2) is 76.5 Å². The molecule has 1 atom stereocenters. The molecule has 3 aromatic carbocycles. The number of amides is 1. The highest BCUT2D eigenvalue weighted by molar-refractivity contribution is 8.00. The molecular weight excluding hydrogens is 452 g/mol. The van der Waals surface area contributed by atoms with Gasteiger partial charge in [-0.25, -0.2) is 8.42 Å². The van der Waals surface area contributed by atoms with Crippen molar-refractivity contribution >= 4 is 50.7 Å². The average molecular weight is 475 g/mol. The molecule has 0 aliphatic carbocycles. The molecular formula is C23H23ClN2O3S2. The SMILES string of the molecule is Cc1ccc(NS(=O)(=O)c2ccc(NC(=O)[C@@H](C)Sc3ccc(Cl)cc3)cc2)cc1C. The first-order valence-electron chi connectivity index (χ1n) is 9.57. The van der Waals surface area contributed by atoms with Crippen molar-refractivity contribution in [2.45, 2.75) is 35.8 Å². The standard InChI is InChI=1S/C23H23ClN2O3S2/c1-15-4-7-20(14-16(15)2)26-31(28,29)22-12-8-19(9-13-22)25-23(27)17(3)30-21-10-5-18(24)6-11-21/h4-14,17,26H,1-3H3,(H,25,27)/t17-/m1/s1. The van der Waals surface area contributed by atoms with E-state index in [1.54, 1.807) is 43.3 Å². The summed E-state index contributed by atoms with van der Waals surface area (Å²) in [5.41, 5.74) is 3.13. The summed E-state index contributed by atoms with van der Waals surface area (Å²) in [6, 6.07) is 18.8. The molecule has 3 rings (SSSR count). The summed E-state index contributed by atoms with van der Waals surface area (Å²) in [6.45, 7) is 5.70. The second-order valence-electron chi connectivity index (χ2n) is 7.13. The summed E-state index contributed by atoms with van der Waals surface area (Å²) in [7, 11) is -3.73. The quantitative estimate of drug-likeness (QED) is 0.419. The van der Waals surface area contributed by atoms with Crippen LogP contribution in [0.1, 0.15) is 18.1 Å². The van der Waals surface area contributed by atoms with Crippen LogP contribution in [0.5, 0.6) is 0 Å². The Balaban J connectivity index is 1.63. The van der Waals surface area contributed by atoms with Crippen LogP contribution in [-0.2, 0) is 14.8 Å². The first-order chi connectivity index (χ1) is 14.6. The fraction of sp³-hybridized carbons (Fsp3) is 0.174. The average Bonchev–Trinajstić information content (AvgIpc) is 2.72. The predicted octanol–water partition coefficient (Wildman–Crippen LogP) is 5.88. The van der Waals surface area contributed by atoms with E-state index in [1.807, 2.05) is 32.0 Å². The van der Waals surface area contributed by atoms with Crippen LogP contribution in [0, 0.1) is 13.8 Å². The van der Waals surface area contributed by atoms with Crippen LogP contribution < -0.4 is 10.0 Å². The first-order valence-corrected chi connectivity index (χ1v) is 12.3. The third kappa shape index (κ3) is 6.26. The van der Waals surface area contributed by atoms with Gasteiger partial charge in [0.15, 0.2) is 0 Å². The summed E-state index contributed by atoms with van der Waals surface area (Å²) in [5, 5.41) is 3.12. The third-order valence-electron chi connectivity index (χ3n) is 4.69. The van der Waals surface area contributed by atoms with Crippen LogP contribution in [-0.4, -0.2) is 19.6 Å². The lowest BCUT2D eigenvalue weighted by molar-refractivity contribution is -0.115. The Morgan fingerprint density at radius 3 is 2.13 bits per heavy atom. The van der Waals surface area contributed by atoms with Crippen molar-refractivity contribution in [1.82, 2.24) is 0 Å². The molecule has 0 fully saturated rings. The summed E-state index contributed by atoms with van der Waals surface area (Å²) in [6.07, 6.45) is 0. The topological polar surface area (TPSA) is 75.3 Å². The molecule has 0 spiro atoms. The second-order valence-corrected chi connectivity index (χ2v) is 10.7. The lowest BCUT2D eigenvalue weighted by Gasteiger charge is -2.13. The van der Waals surface area contributed by atoms with Crippen molar-refractivity contribution in [3.8, 4) is 0 Å². The van der Waals surface area contributed by atoms with Gasteiger partial charge in [0, 0.05) is 21.3 Å². The zero-order chi connectivity index (χ0) is 22.6. The van der Waals surface area contributed by atoms with E-state index < -0.39 is 10.0 Å². The Bertz CT molecular complexity index is 1180. The van der Waals surface area contributed by atoms with Gasteiger partial charge in [-0.2, -0.15) is 0 Å². The van der Waals surface area contributed by atoms with E-state index in [-0.39, 0.29) is 16.1 Å². The van der Waals surface area contributed by atoms with Crippen molar-refractivity contribution in [1.29, 1.82) is 0 Å². The van der Waals surface area contributed by atoms with E-state index in [0.717, 1.165) is 16.0 Å². The monoisotopic (exact) mass is 474 g/mol. The summed E-state index contributed by atoms with van der Waals surface area (Å²) < 4.78 is 27.9. The van der Waals surface area contributed by atoms with Crippen molar-refractivity contribution in [2.24, 2.45) is 0 Å². The zero-order valence-corrected chi connectivity index (χ0v) is 19.7. The summed E-state index contributed by atoms with van der Waals surface area (Å²) in [5.74, 6) is -0.177. The number of carbonyl (C=O) groups excluding carboxylic acids is 1. The number of nitrogens with one attached hydrogen (secondary N) is 2. The zero-order valence-electron chi connectivity index (χ0n) is 17.3. The molecule has 0 aliphatic rings. The third-order valence-corrected chi connectivity index (χ3v) is 7.45. The van der Waals surface area contributed by atoms with Gasteiger partial charge >= 0.3 is 0 Å². The van der Waals surface area contributed by atoms with Gasteiger partial charge in [0.2, 0.25) is 5.91 Å². The molecule has 2 N–H and O–H groups in total. The molecule has 0 saturated carbocycles. The minimum atomic E-state index is -3.73. The van der Waals surface area contributed by atoms with Gasteiger partial charge in [0.25, 0.3) is 10.0 Å². The van der Waals surface area contributed by atoms with Crippen molar-refractivity contribution in [3.05, 3.63) is 82.9 Å². The number of benzene rings is 3. The van der Waals surface area contributed by atoms with E-state index in [2.05, 4.69) is 10.0 Å². The molecule has 0 unspecified atom stereocenters. The lowest BCUT2D eigenvalue weighted by Crippen LogP contribution is -2.22. The highest BCUT2D eigenvalue weighted by atomic mass is 35.5. The Kier molecular flexibility index (Phi) is 7.30. The number of anilines is 2. The molecule has 162 valence electrons. The molecule has 31 heavy (non-hydrogen) atoms. The van der Waals surface area contributed by atoms with Crippen LogP contribution in [0.4, 0.5) is 11.4 Å². The molecule has 0 aromatic heterocycles. The van der Waals surface area contributed by atoms with Gasteiger partial charge in [-0.05, 0) is 92.6 Å². The fourth-order valence-electron chi connectivity index (χ4n) is 2.75. The minimum Gasteiger partial charge on any atom is -0.325 e. The lowest BCUT2D eigenvalue weighted by atomic mass is 10.1. The van der Waals surface area contributed by atoms with E-state index >= 15 is 0 Å². The van der Waals surface area contributed by atoms with Crippen molar-refractivity contribution < 1.29 is 13.2 Å². The van der Waals surface area contributed by atoms with E-state index in [1.165, 1.54) is 23.9 Å². The Morgan fingerprint density at radius 1 is 0.903 bits per heavy atom. The highest BCUT2D eigenvalue weighted by Crippen LogP contribution is 2.26. The largest absolute Gasteiger partial charge is 0.325 e. The maximum absolute atomic E-state index is 12.7. The van der Waals surface area contributed by atoms with Gasteiger partial charge < -0.3 is 5.32 Å². The van der Waals surface area contributed by atoms with Crippen molar-refractivity contribution in [3.63, 3.8) is 0 Å². The summed E-state index contributed by atoms with van der Waals surface area (Å²) in [4.78, 5) is 13.5. The predicted molar refractivity (Wildman–Crippen MR) is 129 cm³/mol. The van der Waals surface area contributed by atoms with E-state index in [9.17, 15) is 13.2 Å². The molecule has 8 heteroatoms. The number of thioether (sulfide) groups is 1. The molecule has 0 saturated heterocycles. The summed E-state index contributed by atoms with van der Waals surface area (Å²) >= 11 is 7.30. The number of sulfonamides is 1. The number of hydrogen-bond acceptors (Lipinski definition) is 4. The Hall–Kier alpha value is -2.48. The van der Waals surface area contributed by atoms with Gasteiger partial charge in [-0.3, -0.25) is 9.52 Å². The molecule has 5 nitrogen and oxygen atoms in total. The molecule has 0 aliphatic heterocycles. The molecule has 0 radical (unpaired) electrons. The first kappa shape index (κ1) is 23.2. The van der Waals surface area contributed by atoms with Crippen LogP contribution in [0.25, 0.3) is 0 Å². The maximum atomic E-state index is 12.7. The number of hydrogen-bond donors (Lipinski definition) is 2. The van der Waals surface area contributed by atoms with Gasteiger partial charge in [0.05, 0.1) is 10.1 Å². The molecule has 3 aromatic rings. The van der Waals surface area contributed by atoms with Gasteiger partial charge in [-0.15, -0.1) is 11.8 Å². The maximum Gasteiger partial charge on any atom is 0.261 e. The molecule has 1 amide bonds. The van der Waals surface area contributed by atoms with Gasteiger partial charge in [-0.1, -0.05) is 17.7 Å². The Labute approximate surface area is 192 Å². The smallest absolute Gasteiger partial charge is 0.261 e. The normalized spacial score (nSPS) is 12.3. The Morgan fingerprint density at radius 2 is 1.52 bits per heavy atom. The molecule has 0 bridgehead atoms. The molecule has 0 heterocycles. The van der Waals surface area contributed by atoms with E-state index in [0.29, 0.717) is 16.4 Å². The number of rotatable bonds is 7. The second kappa shape index (κ2) is 9.77. The van der Waals surface area contributed by atoms with Crippen LogP contribution in [0.3, 0.4) is 0 Å². The van der Waals surface area contributed by atoms with Gasteiger partial charge in [0.1, 0.15) is 0 Å². The van der Waals surface area contributed by atoms with Crippen LogP contribution in [0.2, 0.25) is 5.02 Å².